The van der Waals surface area contributed by atoms with Crippen LogP contribution in [-0.2, 0) is 0 Å². The average molecular weight is 321 g/mol. The molecule has 0 aliphatic rings. The summed E-state index contributed by atoms with van der Waals surface area (Å²) in [5, 5.41) is 10.4. The molecule has 3 heteroatoms. The SMILES string of the molecule is CCOc1ccc(C(O)c2ccc(C)cc2)cc1Br. The third-order valence-corrected chi connectivity index (χ3v) is 3.58. The Labute approximate surface area is 122 Å². The molecule has 0 amide bonds. The minimum Gasteiger partial charge on any atom is -0.493 e. The molecule has 19 heavy (non-hydrogen) atoms. The van der Waals surface area contributed by atoms with E-state index in [1.165, 1.54) is 5.56 Å². The normalized spacial score (nSPS) is 12.2. The smallest absolute Gasteiger partial charge is 0.133 e. The van der Waals surface area contributed by atoms with Crippen molar-refractivity contribution in [3.8, 4) is 5.75 Å². The van der Waals surface area contributed by atoms with E-state index in [2.05, 4.69) is 15.9 Å². The van der Waals surface area contributed by atoms with Gasteiger partial charge < -0.3 is 9.84 Å². The van der Waals surface area contributed by atoms with Crippen LogP contribution in [0.25, 0.3) is 0 Å². The average Bonchev–Trinajstić information content (AvgIpc) is 2.41. The van der Waals surface area contributed by atoms with Crippen molar-refractivity contribution in [2.75, 3.05) is 6.61 Å². The van der Waals surface area contributed by atoms with Crippen LogP contribution in [-0.4, -0.2) is 11.7 Å². The number of aliphatic hydroxyl groups excluding tert-OH is 1. The fourth-order valence-corrected chi connectivity index (χ4v) is 2.41. The number of halogens is 1. The van der Waals surface area contributed by atoms with Gasteiger partial charge in [-0.2, -0.15) is 0 Å². The molecule has 1 atom stereocenters. The zero-order chi connectivity index (χ0) is 13.8. The first-order chi connectivity index (χ1) is 9.11. The molecule has 0 fully saturated rings. The Balaban J connectivity index is 2.26. The molecule has 0 spiro atoms. The molecule has 0 aliphatic carbocycles. The maximum Gasteiger partial charge on any atom is 0.133 e. The van der Waals surface area contributed by atoms with Crippen LogP contribution in [0.2, 0.25) is 0 Å². The second-order valence-corrected chi connectivity index (χ2v) is 5.29. The molecule has 100 valence electrons. The highest BCUT2D eigenvalue weighted by atomic mass is 79.9. The van der Waals surface area contributed by atoms with Gasteiger partial charge in [0, 0.05) is 0 Å². The summed E-state index contributed by atoms with van der Waals surface area (Å²) in [7, 11) is 0. The Bertz CT molecular complexity index is 549. The lowest BCUT2D eigenvalue weighted by atomic mass is 10.0. The quantitative estimate of drug-likeness (QED) is 0.913. The fraction of sp³-hybridized carbons (Fsp3) is 0.250. The zero-order valence-electron chi connectivity index (χ0n) is 11.1. The van der Waals surface area contributed by atoms with Gasteiger partial charge in [0.1, 0.15) is 11.9 Å². The number of ether oxygens (including phenoxy) is 1. The summed E-state index contributed by atoms with van der Waals surface area (Å²) in [6, 6.07) is 13.6. The third-order valence-electron chi connectivity index (χ3n) is 2.96. The molecule has 0 saturated heterocycles. The van der Waals surface area contributed by atoms with Crippen LogP contribution in [0, 0.1) is 6.92 Å². The van der Waals surface area contributed by atoms with Crippen molar-refractivity contribution in [2.45, 2.75) is 20.0 Å². The van der Waals surface area contributed by atoms with Crippen LogP contribution >= 0.6 is 15.9 Å². The first-order valence-corrected chi connectivity index (χ1v) is 7.08. The van der Waals surface area contributed by atoms with E-state index in [-0.39, 0.29) is 0 Å². The van der Waals surface area contributed by atoms with E-state index in [4.69, 9.17) is 4.74 Å². The van der Waals surface area contributed by atoms with Crippen LogP contribution in [0.1, 0.15) is 29.7 Å². The van der Waals surface area contributed by atoms with Crippen LogP contribution in [0.15, 0.2) is 46.9 Å². The van der Waals surface area contributed by atoms with Gasteiger partial charge in [-0.25, -0.2) is 0 Å². The summed E-state index contributed by atoms with van der Waals surface area (Å²) in [4.78, 5) is 0. The molecule has 0 bridgehead atoms. The highest BCUT2D eigenvalue weighted by molar-refractivity contribution is 9.10. The van der Waals surface area contributed by atoms with Crippen molar-refractivity contribution in [3.63, 3.8) is 0 Å². The lowest BCUT2D eigenvalue weighted by Gasteiger charge is -2.14. The molecule has 0 heterocycles. The Hall–Kier alpha value is -1.32. The molecule has 0 saturated carbocycles. The third kappa shape index (κ3) is 3.37. The Morgan fingerprint density at radius 3 is 2.32 bits per heavy atom. The van der Waals surface area contributed by atoms with E-state index < -0.39 is 6.10 Å². The molecule has 1 N–H and O–H groups in total. The van der Waals surface area contributed by atoms with Crippen molar-refractivity contribution in [3.05, 3.63) is 63.6 Å². The molecular formula is C16H17BrO2. The number of hydrogen-bond acceptors (Lipinski definition) is 2. The molecule has 2 aromatic carbocycles. The van der Waals surface area contributed by atoms with Gasteiger partial charge in [-0.1, -0.05) is 35.9 Å². The van der Waals surface area contributed by atoms with E-state index in [9.17, 15) is 5.11 Å². The molecule has 0 aliphatic heterocycles. The molecule has 2 nitrogen and oxygen atoms in total. The number of rotatable bonds is 4. The van der Waals surface area contributed by atoms with Crippen molar-refractivity contribution in [1.82, 2.24) is 0 Å². The number of hydrogen-bond donors (Lipinski definition) is 1. The van der Waals surface area contributed by atoms with Gasteiger partial charge in [0.15, 0.2) is 0 Å². The molecule has 2 aromatic rings. The minimum atomic E-state index is -0.618. The summed E-state index contributed by atoms with van der Waals surface area (Å²) < 4.78 is 6.32. The Morgan fingerprint density at radius 1 is 1.11 bits per heavy atom. The van der Waals surface area contributed by atoms with Crippen molar-refractivity contribution in [1.29, 1.82) is 0 Å². The van der Waals surface area contributed by atoms with Crippen LogP contribution in [0.3, 0.4) is 0 Å². The van der Waals surface area contributed by atoms with E-state index in [0.717, 1.165) is 21.3 Å². The number of aliphatic hydroxyl groups is 1. The number of benzene rings is 2. The van der Waals surface area contributed by atoms with E-state index in [1.807, 2.05) is 56.3 Å². The van der Waals surface area contributed by atoms with Crippen LogP contribution < -0.4 is 4.74 Å². The first-order valence-electron chi connectivity index (χ1n) is 6.28. The maximum atomic E-state index is 10.4. The number of aryl methyl sites for hydroxylation is 1. The minimum absolute atomic E-state index is 0.618. The predicted octanol–water partition coefficient (Wildman–Crippen LogP) is 4.24. The van der Waals surface area contributed by atoms with Crippen molar-refractivity contribution < 1.29 is 9.84 Å². The standard InChI is InChI=1S/C16H17BrO2/c1-3-19-15-9-8-13(10-14(15)17)16(18)12-6-4-11(2)5-7-12/h4-10,16,18H,3H2,1-2H3. The lowest BCUT2D eigenvalue weighted by Crippen LogP contribution is -2.00. The fourth-order valence-electron chi connectivity index (χ4n) is 1.90. The first kappa shape index (κ1) is 14.1. The second kappa shape index (κ2) is 6.22. The topological polar surface area (TPSA) is 29.5 Å². The van der Waals surface area contributed by atoms with Crippen LogP contribution in [0.4, 0.5) is 0 Å². The van der Waals surface area contributed by atoms with E-state index in [0.29, 0.717) is 6.61 Å². The Morgan fingerprint density at radius 2 is 1.74 bits per heavy atom. The monoisotopic (exact) mass is 320 g/mol. The van der Waals surface area contributed by atoms with E-state index in [1.54, 1.807) is 0 Å². The molecule has 0 radical (unpaired) electrons. The summed E-state index contributed by atoms with van der Waals surface area (Å²) in [6.45, 7) is 4.60. The largest absolute Gasteiger partial charge is 0.493 e. The van der Waals surface area contributed by atoms with Crippen molar-refractivity contribution in [2.24, 2.45) is 0 Å². The lowest BCUT2D eigenvalue weighted by molar-refractivity contribution is 0.220. The summed E-state index contributed by atoms with van der Waals surface area (Å²) in [5.41, 5.74) is 2.92. The van der Waals surface area contributed by atoms with Gasteiger partial charge in [-0.3, -0.25) is 0 Å². The summed E-state index contributed by atoms with van der Waals surface area (Å²) >= 11 is 3.46. The Kier molecular flexibility index (Phi) is 4.61. The van der Waals surface area contributed by atoms with Crippen molar-refractivity contribution >= 4 is 15.9 Å². The van der Waals surface area contributed by atoms with E-state index >= 15 is 0 Å². The highest BCUT2D eigenvalue weighted by Crippen LogP contribution is 2.30. The molecular weight excluding hydrogens is 304 g/mol. The van der Waals surface area contributed by atoms with Gasteiger partial charge in [-0.05, 0) is 53.0 Å². The van der Waals surface area contributed by atoms with Gasteiger partial charge in [-0.15, -0.1) is 0 Å². The van der Waals surface area contributed by atoms with Gasteiger partial charge >= 0.3 is 0 Å². The van der Waals surface area contributed by atoms with Crippen LogP contribution in [0.5, 0.6) is 5.75 Å². The molecule has 0 aromatic heterocycles. The second-order valence-electron chi connectivity index (χ2n) is 4.44. The maximum absolute atomic E-state index is 10.4. The molecule has 2 rings (SSSR count). The van der Waals surface area contributed by atoms with Gasteiger partial charge in [0.05, 0.1) is 11.1 Å². The summed E-state index contributed by atoms with van der Waals surface area (Å²) in [5.74, 6) is 0.794. The highest BCUT2D eigenvalue weighted by Gasteiger charge is 2.12. The van der Waals surface area contributed by atoms with Gasteiger partial charge in [0.25, 0.3) is 0 Å². The molecule has 1 unspecified atom stereocenters. The van der Waals surface area contributed by atoms with Gasteiger partial charge in [0.2, 0.25) is 0 Å². The summed E-state index contributed by atoms with van der Waals surface area (Å²) in [6.07, 6.45) is -0.618. The predicted molar refractivity (Wildman–Crippen MR) is 80.6 cm³/mol. The zero-order valence-corrected chi connectivity index (χ0v) is 12.6.